The summed E-state index contributed by atoms with van der Waals surface area (Å²) >= 11 is 9.43. The molecule has 2 heterocycles. The highest BCUT2D eigenvalue weighted by atomic mass is 79.9. The van der Waals surface area contributed by atoms with Crippen molar-refractivity contribution in [2.45, 2.75) is 13.5 Å². The highest BCUT2D eigenvalue weighted by Crippen LogP contribution is 2.20. The van der Waals surface area contributed by atoms with E-state index in [1.807, 2.05) is 12.1 Å². The number of carbonyl (C=O) groups excluding carboxylic acids is 1. The van der Waals surface area contributed by atoms with Gasteiger partial charge in [0.2, 0.25) is 5.91 Å². The van der Waals surface area contributed by atoms with Crippen LogP contribution in [0.5, 0.6) is 0 Å². The minimum absolute atomic E-state index is 0.216. The average molecular weight is 473 g/mol. The van der Waals surface area contributed by atoms with Crippen molar-refractivity contribution in [1.82, 2.24) is 19.6 Å². The van der Waals surface area contributed by atoms with Crippen LogP contribution < -0.4 is 10.9 Å². The molecule has 0 fully saturated rings. The van der Waals surface area contributed by atoms with Gasteiger partial charge in [0.25, 0.3) is 5.56 Å². The molecule has 0 aliphatic carbocycles. The smallest absolute Gasteiger partial charge is 0.293 e. The van der Waals surface area contributed by atoms with Crippen LogP contribution >= 0.6 is 27.5 Å². The Kier molecular flexibility index (Phi) is 5.21. The summed E-state index contributed by atoms with van der Waals surface area (Å²) in [6, 6.07) is 14.2. The van der Waals surface area contributed by atoms with Crippen LogP contribution in [0.1, 0.15) is 5.69 Å². The van der Waals surface area contributed by atoms with E-state index in [4.69, 9.17) is 11.6 Å². The molecule has 1 amide bonds. The lowest BCUT2D eigenvalue weighted by molar-refractivity contribution is -0.117. The first kappa shape index (κ1) is 19.4. The molecular formula is C20H15BrClN5O2. The standard InChI is InChI=1S/C20H15BrClN5O2/c1-12-17-10-23-27(16-4-2-3-14(22)9-16)19(17)20(29)26(25-12)11-18(28)24-15-7-5-13(21)6-8-15/h2-10H,11H2,1H3,(H,24,28). The molecule has 4 aromatic rings. The Hall–Kier alpha value is -2.97. The van der Waals surface area contributed by atoms with Gasteiger partial charge in [0, 0.05) is 20.6 Å². The zero-order chi connectivity index (χ0) is 20.5. The van der Waals surface area contributed by atoms with E-state index in [0.717, 1.165) is 9.15 Å². The number of nitrogens with zero attached hydrogens (tertiary/aromatic N) is 4. The molecule has 0 saturated heterocycles. The molecular weight excluding hydrogens is 458 g/mol. The molecule has 2 aromatic carbocycles. The number of nitrogens with one attached hydrogen (secondary N) is 1. The molecule has 0 atom stereocenters. The second kappa shape index (κ2) is 7.81. The number of hydrogen-bond acceptors (Lipinski definition) is 4. The quantitative estimate of drug-likeness (QED) is 0.488. The first-order valence-corrected chi connectivity index (χ1v) is 9.86. The van der Waals surface area contributed by atoms with Gasteiger partial charge < -0.3 is 5.32 Å². The zero-order valence-corrected chi connectivity index (χ0v) is 17.6. The normalized spacial score (nSPS) is 11.0. The van der Waals surface area contributed by atoms with Crippen LogP contribution in [0.3, 0.4) is 0 Å². The van der Waals surface area contributed by atoms with E-state index in [0.29, 0.717) is 33.0 Å². The van der Waals surface area contributed by atoms with Crippen LogP contribution in [0, 0.1) is 6.92 Å². The first-order valence-electron chi connectivity index (χ1n) is 8.69. The summed E-state index contributed by atoms with van der Waals surface area (Å²) in [6.45, 7) is 1.56. The van der Waals surface area contributed by atoms with Crippen molar-refractivity contribution >= 4 is 50.0 Å². The molecule has 0 aliphatic rings. The van der Waals surface area contributed by atoms with Crippen molar-refractivity contribution < 1.29 is 4.79 Å². The SMILES string of the molecule is Cc1nn(CC(=O)Nc2ccc(Br)cc2)c(=O)c2c1cnn2-c1cccc(Cl)c1. The predicted molar refractivity (Wildman–Crippen MR) is 116 cm³/mol. The lowest BCUT2D eigenvalue weighted by Gasteiger charge is -2.09. The summed E-state index contributed by atoms with van der Waals surface area (Å²) in [5, 5.41) is 12.5. The van der Waals surface area contributed by atoms with Crippen LogP contribution in [-0.2, 0) is 11.3 Å². The number of aromatic nitrogens is 4. The van der Waals surface area contributed by atoms with Gasteiger partial charge in [-0.3, -0.25) is 9.59 Å². The van der Waals surface area contributed by atoms with Crippen LogP contribution in [0.4, 0.5) is 5.69 Å². The lowest BCUT2D eigenvalue weighted by Crippen LogP contribution is -2.31. The number of hydrogen-bond donors (Lipinski definition) is 1. The molecule has 29 heavy (non-hydrogen) atoms. The van der Waals surface area contributed by atoms with Crippen molar-refractivity contribution in [2.75, 3.05) is 5.32 Å². The second-order valence-electron chi connectivity index (χ2n) is 6.40. The van der Waals surface area contributed by atoms with Crippen LogP contribution in [0.15, 0.2) is 64.0 Å². The van der Waals surface area contributed by atoms with Crippen molar-refractivity contribution in [2.24, 2.45) is 0 Å². The zero-order valence-electron chi connectivity index (χ0n) is 15.3. The van der Waals surface area contributed by atoms with E-state index < -0.39 is 5.56 Å². The van der Waals surface area contributed by atoms with Crippen molar-refractivity contribution in [3.63, 3.8) is 0 Å². The third-order valence-corrected chi connectivity index (χ3v) is 5.10. The van der Waals surface area contributed by atoms with E-state index in [-0.39, 0.29) is 12.5 Å². The van der Waals surface area contributed by atoms with Crippen molar-refractivity contribution in [1.29, 1.82) is 0 Å². The summed E-state index contributed by atoms with van der Waals surface area (Å²) in [4.78, 5) is 25.5. The van der Waals surface area contributed by atoms with Crippen molar-refractivity contribution in [3.8, 4) is 5.69 Å². The van der Waals surface area contributed by atoms with Crippen LogP contribution in [0.25, 0.3) is 16.6 Å². The van der Waals surface area contributed by atoms with Gasteiger partial charge in [-0.05, 0) is 49.4 Å². The average Bonchev–Trinajstić information content (AvgIpc) is 3.14. The van der Waals surface area contributed by atoms with Gasteiger partial charge >= 0.3 is 0 Å². The molecule has 2 aromatic heterocycles. The number of rotatable bonds is 4. The monoisotopic (exact) mass is 471 g/mol. The summed E-state index contributed by atoms with van der Waals surface area (Å²) in [5.41, 5.74) is 1.82. The molecule has 0 bridgehead atoms. The van der Waals surface area contributed by atoms with E-state index >= 15 is 0 Å². The minimum atomic E-state index is -0.408. The fourth-order valence-electron chi connectivity index (χ4n) is 3.00. The number of benzene rings is 2. The third kappa shape index (κ3) is 3.94. The molecule has 146 valence electrons. The summed E-state index contributed by atoms with van der Waals surface area (Å²) in [5.74, 6) is -0.352. The Morgan fingerprint density at radius 3 is 2.69 bits per heavy atom. The molecule has 0 unspecified atom stereocenters. The maximum Gasteiger partial charge on any atom is 0.293 e. The molecule has 0 saturated carbocycles. The Morgan fingerprint density at radius 2 is 1.97 bits per heavy atom. The van der Waals surface area contributed by atoms with Gasteiger partial charge in [0.15, 0.2) is 0 Å². The summed E-state index contributed by atoms with van der Waals surface area (Å²) in [6.07, 6.45) is 1.59. The van der Waals surface area contributed by atoms with Gasteiger partial charge in [-0.1, -0.05) is 33.6 Å². The highest BCUT2D eigenvalue weighted by Gasteiger charge is 2.17. The minimum Gasteiger partial charge on any atom is -0.324 e. The molecule has 0 aliphatic heterocycles. The Balaban J connectivity index is 1.71. The first-order chi connectivity index (χ1) is 13.9. The molecule has 4 rings (SSSR count). The Morgan fingerprint density at radius 1 is 1.21 bits per heavy atom. The number of aryl methyl sites for hydroxylation is 1. The molecule has 1 N–H and O–H groups in total. The van der Waals surface area contributed by atoms with E-state index in [1.165, 1.54) is 4.68 Å². The van der Waals surface area contributed by atoms with Crippen molar-refractivity contribution in [3.05, 3.63) is 80.3 Å². The number of anilines is 1. The molecule has 9 heteroatoms. The van der Waals surface area contributed by atoms with Gasteiger partial charge in [-0.15, -0.1) is 0 Å². The maximum atomic E-state index is 13.1. The van der Waals surface area contributed by atoms with Gasteiger partial charge in [0.05, 0.1) is 17.6 Å². The Bertz CT molecular complexity index is 1280. The number of carbonyl (C=O) groups is 1. The predicted octanol–water partition coefficient (Wildman–Crippen LogP) is 3.95. The highest BCUT2D eigenvalue weighted by molar-refractivity contribution is 9.10. The fourth-order valence-corrected chi connectivity index (χ4v) is 3.45. The van der Waals surface area contributed by atoms with Gasteiger partial charge in [-0.2, -0.15) is 10.2 Å². The Labute approximate surface area is 179 Å². The van der Waals surface area contributed by atoms with Gasteiger partial charge in [0.1, 0.15) is 12.1 Å². The second-order valence-corrected chi connectivity index (χ2v) is 7.75. The third-order valence-electron chi connectivity index (χ3n) is 4.34. The molecule has 7 nitrogen and oxygen atoms in total. The summed E-state index contributed by atoms with van der Waals surface area (Å²) in [7, 11) is 0. The number of amides is 1. The van der Waals surface area contributed by atoms with Gasteiger partial charge in [-0.25, -0.2) is 9.36 Å². The lowest BCUT2D eigenvalue weighted by atomic mass is 10.2. The topological polar surface area (TPSA) is 81.8 Å². The summed E-state index contributed by atoms with van der Waals surface area (Å²) < 4.78 is 3.57. The van der Waals surface area contributed by atoms with E-state index in [9.17, 15) is 9.59 Å². The van der Waals surface area contributed by atoms with E-state index in [1.54, 1.807) is 49.5 Å². The molecule has 0 radical (unpaired) electrons. The van der Waals surface area contributed by atoms with Crippen LogP contribution in [-0.4, -0.2) is 25.5 Å². The number of fused-ring (bicyclic) bond motifs is 1. The molecule has 0 spiro atoms. The largest absolute Gasteiger partial charge is 0.324 e. The number of halogens is 2. The fraction of sp³-hybridized carbons (Fsp3) is 0.100. The maximum absolute atomic E-state index is 13.1. The van der Waals surface area contributed by atoms with Crippen LogP contribution in [0.2, 0.25) is 5.02 Å². The van der Waals surface area contributed by atoms with E-state index in [2.05, 4.69) is 31.4 Å².